The SMILES string of the molecule is COC1O[C@H]2CCC[C@H]3C(=O)CC[C@@H]1[C@@H]23. The molecule has 1 unspecified atom stereocenters. The number of ketones is 1. The molecule has 3 fully saturated rings. The lowest BCUT2D eigenvalue weighted by atomic mass is 9.65. The van der Waals surface area contributed by atoms with Crippen LogP contribution in [-0.4, -0.2) is 25.3 Å². The van der Waals surface area contributed by atoms with Gasteiger partial charge in [-0.1, -0.05) is 6.42 Å². The van der Waals surface area contributed by atoms with Gasteiger partial charge in [-0.15, -0.1) is 0 Å². The van der Waals surface area contributed by atoms with Gasteiger partial charge in [-0.05, 0) is 19.3 Å². The maximum atomic E-state index is 11.8. The van der Waals surface area contributed by atoms with Gasteiger partial charge in [0.15, 0.2) is 6.29 Å². The fraction of sp³-hybridized carbons (Fsp3) is 0.917. The molecule has 0 bridgehead atoms. The maximum absolute atomic E-state index is 11.8. The number of rotatable bonds is 1. The third-order valence-electron chi connectivity index (χ3n) is 4.42. The summed E-state index contributed by atoms with van der Waals surface area (Å²) in [6.07, 6.45) is 5.29. The van der Waals surface area contributed by atoms with Crippen LogP contribution < -0.4 is 0 Å². The number of carbonyl (C=O) groups excluding carboxylic acids is 1. The van der Waals surface area contributed by atoms with Crippen LogP contribution in [0.2, 0.25) is 0 Å². The predicted molar refractivity (Wildman–Crippen MR) is 54.2 cm³/mol. The van der Waals surface area contributed by atoms with Gasteiger partial charge in [0.25, 0.3) is 0 Å². The van der Waals surface area contributed by atoms with Crippen molar-refractivity contribution >= 4 is 5.78 Å². The third kappa shape index (κ3) is 1.36. The Labute approximate surface area is 90.1 Å². The van der Waals surface area contributed by atoms with Gasteiger partial charge < -0.3 is 9.47 Å². The van der Waals surface area contributed by atoms with Crippen molar-refractivity contribution in [3.05, 3.63) is 0 Å². The molecule has 1 aliphatic heterocycles. The summed E-state index contributed by atoms with van der Waals surface area (Å²) in [5.41, 5.74) is 0. The van der Waals surface area contributed by atoms with Gasteiger partial charge in [0.1, 0.15) is 5.78 Å². The lowest BCUT2D eigenvalue weighted by Gasteiger charge is -2.38. The highest BCUT2D eigenvalue weighted by Gasteiger charge is 2.53. The second kappa shape index (κ2) is 3.56. The van der Waals surface area contributed by atoms with Crippen molar-refractivity contribution in [1.29, 1.82) is 0 Å². The molecule has 1 saturated heterocycles. The van der Waals surface area contributed by atoms with Crippen LogP contribution in [0.15, 0.2) is 0 Å². The van der Waals surface area contributed by atoms with E-state index in [1.807, 2.05) is 0 Å². The highest BCUT2D eigenvalue weighted by molar-refractivity contribution is 5.82. The topological polar surface area (TPSA) is 35.5 Å². The van der Waals surface area contributed by atoms with Gasteiger partial charge >= 0.3 is 0 Å². The number of ether oxygens (including phenoxy) is 2. The molecule has 3 heteroatoms. The van der Waals surface area contributed by atoms with Gasteiger partial charge in [0, 0.05) is 31.3 Å². The minimum absolute atomic E-state index is 0.0475. The summed E-state index contributed by atoms with van der Waals surface area (Å²) in [7, 11) is 1.72. The molecule has 2 aliphatic carbocycles. The zero-order valence-electron chi connectivity index (χ0n) is 9.15. The van der Waals surface area contributed by atoms with Gasteiger partial charge in [-0.3, -0.25) is 4.79 Å². The lowest BCUT2D eigenvalue weighted by Crippen LogP contribution is -2.41. The molecule has 0 aromatic carbocycles. The second-order valence-electron chi connectivity index (χ2n) is 5.06. The first kappa shape index (κ1) is 9.79. The maximum Gasteiger partial charge on any atom is 0.160 e. The molecule has 0 radical (unpaired) electrons. The number of Topliss-reactive ketones (excluding diaryl/α,β-unsaturated/α-hetero) is 1. The molecule has 2 saturated carbocycles. The number of carbonyl (C=O) groups is 1. The van der Waals surface area contributed by atoms with Crippen LogP contribution in [-0.2, 0) is 14.3 Å². The molecule has 0 N–H and O–H groups in total. The quantitative estimate of drug-likeness (QED) is 0.661. The smallest absolute Gasteiger partial charge is 0.160 e. The normalized spacial score (nSPS) is 49.1. The zero-order chi connectivity index (χ0) is 10.4. The molecule has 3 rings (SSSR count). The average molecular weight is 210 g/mol. The van der Waals surface area contributed by atoms with E-state index >= 15 is 0 Å². The van der Waals surface area contributed by atoms with Crippen LogP contribution in [0.25, 0.3) is 0 Å². The first-order valence-corrected chi connectivity index (χ1v) is 6.02. The molecule has 0 spiro atoms. The third-order valence-corrected chi connectivity index (χ3v) is 4.42. The Morgan fingerprint density at radius 1 is 1.33 bits per heavy atom. The average Bonchev–Trinajstić information content (AvgIpc) is 2.63. The first-order chi connectivity index (χ1) is 7.31. The van der Waals surface area contributed by atoms with Gasteiger partial charge in [0.2, 0.25) is 0 Å². The van der Waals surface area contributed by atoms with E-state index in [0.717, 1.165) is 32.1 Å². The second-order valence-corrected chi connectivity index (χ2v) is 5.06. The van der Waals surface area contributed by atoms with E-state index in [1.54, 1.807) is 7.11 Å². The molecular formula is C12H18O3. The van der Waals surface area contributed by atoms with Crippen molar-refractivity contribution in [3.63, 3.8) is 0 Å². The predicted octanol–water partition coefficient (Wildman–Crippen LogP) is 1.75. The van der Waals surface area contributed by atoms with Crippen molar-refractivity contribution in [1.82, 2.24) is 0 Å². The Morgan fingerprint density at radius 2 is 2.20 bits per heavy atom. The molecule has 15 heavy (non-hydrogen) atoms. The Bertz CT molecular complexity index is 276. The minimum Gasteiger partial charge on any atom is -0.356 e. The lowest BCUT2D eigenvalue weighted by molar-refractivity contribution is -0.134. The molecule has 84 valence electrons. The van der Waals surface area contributed by atoms with Crippen LogP contribution in [0, 0.1) is 17.8 Å². The molecule has 0 aromatic rings. The van der Waals surface area contributed by atoms with Gasteiger partial charge in [-0.25, -0.2) is 0 Å². The van der Waals surface area contributed by atoms with Crippen molar-refractivity contribution < 1.29 is 14.3 Å². The highest BCUT2D eigenvalue weighted by Crippen LogP contribution is 2.50. The molecule has 0 aromatic heterocycles. The standard InChI is InChI=1S/C12H18O3/c1-14-12-8-5-6-9(13)7-3-2-4-10(15-12)11(7)8/h7-8,10-12H,2-6H2,1H3/t7-,8+,10-,11-,12?/m0/s1. The van der Waals surface area contributed by atoms with E-state index in [0.29, 0.717) is 23.7 Å². The van der Waals surface area contributed by atoms with E-state index in [2.05, 4.69) is 0 Å². The Hall–Kier alpha value is -0.410. The van der Waals surface area contributed by atoms with Crippen molar-refractivity contribution in [2.24, 2.45) is 17.8 Å². The number of hydrogen-bond acceptors (Lipinski definition) is 3. The van der Waals surface area contributed by atoms with Crippen LogP contribution in [0.3, 0.4) is 0 Å². The number of methoxy groups -OCH3 is 1. The molecule has 5 atom stereocenters. The van der Waals surface area contributed by atoms with E-state index in [9.17, 15) is 4.79 Å². The van der Waals surface area contributed by atoms with Crippen LogP contribution in [0.1, 0.15) is 32.1 Å². The van der Waals surface area contributed by atoms with Gasteiger partial charge in [-0.2, -0.15) is 0 Å². The Balaban J connectivity index is 1.88. The highest BCUT2D eigenvalue weighted by atomic mass is 16.7. The summed E-state index contributed by atoms with van der Waals surface area (Å²) in [5.74, 6) is 1.69. The molecule has 3 nitrogen and oxygen atoms in total. The Morgan fingerprint density at radius 3 is 3.00 bits per heavy atom. The first-order valence-electron chi connectivity index (χ1n) is 6.02. The molecular weight excluding hydrogens is 192 g/mol. The molecule has 3 aliphatic rings. The molecule has 1 heterocycles. The summed E-state index contributed by atoms with van der Waals surface area (Å²) in [6.45, 7) is 0. The summed E-state index contributed by atoms with van der Waals surface area (Å²) < 4.78 is 11.3. The minimum atomic E-state index is -0.0475. The van der Waals surface area contributed by atoms with E-state index in [-0.39, 0.29) is 12.2 Å². The van der Waals surface area contributed by atoms with E-state index in [4.69, 9.17) is 9.47 Å². The summed E-state index contributed by atoms with van der Waals surface area (Å²) in [6, 6.07) is 0. The van der Waals surface area contributed by atoms with Crippen molar-refractivity contribution in [2.45, 2.75) is 44.5 Å². The zero-order valence-corrected chi connectivity index (χ0v) is 9.15. The van der Waals surface area contributed by atoms with Crippen molar-refractivity contribution in [3.8, 4) is 0 Å². The van der Waals surface area contributed by atoms with Crippen molar-refractivity contribution in [2.75, 3.05) is 7.11 Å². The fourth-order valence-corrected chi connectivity index (χ4v) is 3.80. The van der Waals surface area contributed by atoms with Crippen LogP contribution >= 0.6 is 0 Å². The number of hydrogen-bond donors (Lipinski definition) is 0. The van der Waals surface area contributed by atoms with Crippen LogP contribution in [0.4, 0.5) is 0 Å². The largest absolute Gasteiger partial charge is 0.356 e. The Kier molecular flexibility index (Phi) is 2.33. The van der Waals surface area contributed by atoms with E-state index < -0.39 is 0 Å². The van der Waals surface area contributed by atoms with Crippen LogP contribution in [0.5, 0.6) is 0 Å². The summed E-state index contributed by atoms with van der Waals surface area (Å²) >= 11 is 0. The monoisotopic (exact) mass is 210 g/mol. The summed E-state index contributed by atoms with van der Waals surface area (Å²) in [4.78, 5) is 11.8. The van der Waals surface area contributed by atoms with Gasteiger partial charge in [0.05, 0.1) is 6.10 Å². The molecule has 0 amide bonds. The van der Waals surface area contributed by atoms with E-state index in [1.165, 1.54) is 0 Å². The summed E-state index contributed by atoms with van der Waals surface area (Å²) in [5, 5.41) is 0. The fourth-order valence-electron chi connectivity index (χ4n) is 3.80.